The molecule has 1 heterocycles. The van der Waals surface area contributed by atoms with E-state index in [0.29, 0.717) is 23.9 Å². The van der Waals surface area contributed by atoms with E-state index in [4.69, 9.17) is 0 Å². The standard InChI is InChI=1S/C25H27F2N5O4S/c1-32-15-25(28-16-32)37(36)29-14-22(33)21(9-7-17-5-3-2-4-6-17)31-24(35)12-11-23(34)30-20-10-8-18(26)13-19(20)27/h2-6,8,10-13,15-16,21-22,29,33H,7,9,14H2,1H3,(H,30,34)(H,31,35)/b12-11+. The lowest BCUT2D eigenvalue weighted by molar-refractivity contribution is -0.118. The Bertz CT molecular complexity index is 1270. The number of hydrogen-bond acceptors (Lipinski definition) is 5. The van der Waals surface area contributed by atoms with Gasteiger partial charge in [0.05, 0.1) is 24.2 Å². The van der Waals surface area contributed by atoms with Crippen molar-refractivity contribution >= 4 is 28.5 Å². The molecule has 2 aromatic carbocycles. The van der Waals surface area contributed by atoms with Gasteiger partial charge in [-0.3, -0.25) is 9.59 Å². The number of carbonyl (C=O) groups is 2. The highest BCUT2D eigenvalue weighted by atomic mass is 32.2. The van der Waals surface area contributed by atoms with Crippen molar-refractivity contribution in [2.45, 2.75) is 30.0 Å². The predicted octanol–water partition coefficient (Wildman–Crippen LogP) is 1.98. The van der Waals surface area contributed by atoms with Crippen molar-refractivity contribution in [1.82, 2.24) is 19.6 Å². The number of amides is 2. The first-order valence-electron chi connectivity index (χ1n) is 11.3. The monoisotopic (exact) mass is 531 g/mol. The van der Waals surface area contributed by atoms with Gasteiger partial charge in [-0.2, -0.15) is 0 Å². The van der Waals surface area contributed by atoms with Gasteiger partial charge in [-0.25, -0.2) is 22.7 Å². The second-order valence-corrected chi connectivity index (χ2v) is 9.39. The number of carbonyl (C=O) groups excluding carboxylic acids is 2. The highest BCUT2D eigenvalue weighted by Gasteiger charge is 2.22. The fraction of sp³-hybridized carbons (Fsp3) is 0.240. The van der Waals surface area contributed by atoms with E-state index in [9.17, 15) is 27.7 Å². The van der Waals surface area contributed by atoms with Crippen LogP contribution in [0.3, 0.4) is 0 Å². The molecule has 0 spiro atoms. The average molecular weight is 532 g/mol. The van der Waals surface area contributed by atoms with Gasteiger partial charge in [0.25, 0.3) is 0 Å². The Labute approximate surface area is 215 Å². The number of rotatable bonds is 12. The van der Waals surface area contributed by atoms with Crippen LogP contribution in [0.5, 0.6) is 0 Å². The molecule has 1 aromatic heterocycles. The fourth-order valence-corrected chi connectivity index (χ4v) is 4.21. The molecular weight excluding hydrogens is 504 g/mol. The second-order valence-electron chi connectivity index (χ2n) is 8.15. The zero-order valence-electron chi connectivity index (χ0n) is 19.9. The van der Waals surface area contributed by atoms with Crippen LogP contribution in [0.2, 0.25) is 0 Å². The Morgan fingerprint density at radius 3 is 2.54 bits per heavy atom. The summed E-state index contributed by atoms with van der Waals surface area (Å²) in [5, 5.41) is 15.9. The maximum Gasteiger partial charge on any atom is 0.248 e. The lowest BCUT2D eigenvalue weighted by Crippen LogP contribution is -2.47. The Hall–Kier alpha value is -3.74. The minimum absolute atomic E-state index is 0.100. The molecule has 4 N–H and O–H groups in total. The molecule has 37 heavy (non-hydrogen) atoms. The maximum absolute atomic E-state index is 13.7. The van der Waals surface area contributed by atoms with Crippen LogP contribution in [0.4, 0.5) is 14.5 Å². The van der Waals surface area contributed by atoms with Crippen LogP contribution >= 0.6 is 0 Å². The molecule has 9 nitrogen and oxygen atoms in total. The van der Waals surface area contributed by atoms with Crippen molar-refractivity contribution in [2.75, 3.05) is 11.9 Å². The molecule has 3 atom stereocenters. The van der Waals surface area contributed by atoms with E-state index in [0.717, 1.165) is 29.8 Å². The van der Waals surface area contributed by atoms with Crippen molar-refractivity contribution in [1.29, 1.82) is 0 Å². The van der Waals surface area contributed by atoms with Crippen molar-refractivity contribution in [3.8, 4) is 0 Å². The van der Waals surface area contributed by atoms with Gasteiger partial charge in [-0.15, -0.1) is 0 Å². The van der Waals surface area contributed by atoms with Crippen LogP contribution < -0.4 is 15.4 Å². The van der Waals surface area contributed by atoms with E-state index in [1.165, 1.54) is 6.33 Å². The van der Waals surface area contributed by atoms with E-state index < -0.39 is 46.6 Å². The predicted molar refractivity (Wildman–Crippen MR) is 134 cm³/mol. The normalized spacial score (nSPS) is 13.7. The van der Waals surface area contributed by atoms with E-state index in [-0.39, 0.29) is 12.2 Å². The van der Waals surface area contributed by atoms with Crippen LogP contribution in [0.1, 0.15) is 12.0 Å². The molecule has 0 saturated heterocycles. The topological polar surface area (TPSA) is 125 Å². The highest BCUT2D eigenvalue weighted by Crippen LogP contribution is 2.15. The summed E-state index contributed by atoms with van der Waals surface area (Å²) < 4.78 is 43.5. The molecule has 0 bridgehead atoms. The van der Waals surface area contributed by atoms with Crippen LogP contribution in [-0.4, -0.2) is 49.4 Å². The van der Waals surface area contributed by atoms with Gasteiger partial charge >= 0.3 is 0 Å². The average Bonchev–Trinajstić information content (AvgIpc) is 3.32. The number of anilines is 1. The van der Waals surface area contributed by atoms with Crippen LogP contribution in [0.25, 0.3) is 0 Å². The summed E-state index contributed by atoms with van der Waals surface area (Å²) in [6, 6.07) is 11.4. The Kier molecular flexibility index (Phi) is 10.2. The number of aromatic nitrogens is 2. The summed E-state index contributed by atoms with van der Waals surface area (Å²) in [5.41, 5.74) is 0.759. The molecule has 0 aliphatic carbocycles. The molecule has 3 aromatic rings. The van der Waals surface area contributed by atoms with Crippen LogP contribution in [-0.2, 0) is 34.0 Å². The third-order valence-corrected chi connectivity index (χ3v) is 6.27. The number of aliphatic hydroxyl groups excluding tert-OH is 1. The second kappa shape index (κ2) is 13.5. The first kappa shape index (κ1) is 27.8. The highest BCUT2D eigenvalue weighted by molar-refractivity contribution is 7.83. The molecule has 3 rings (SSSR count). The summed E-state index contributed by atoms with van der Waals surface area (Å²) in [6.45, 7) is -0.100. The first-order valence-corrected chi connectivity index (χ1v) is 12.5. The molecule has 0 saturated carbocycles. The van der Waals surface area contributed by atoms with Crippen molar-refractivity contribution < 1.29 is 27.7 Å². The first-order chi connectivity index (χ1) is 17.7. The molecule has 0 fully saturated rings. The van der Waals surface area contributed by atoms with E-state index in [1.807, 2.05) is 30.3 Å². The lowest BCUT2D eigenvalue weighted by atomic mass is 10.0. The Morgan fingerprint density at radius 2 is 1.86 bits per heavy atom. The van der Waals surface area contributed by atoms with Gasteiger partial charge < -0.3 is 20.3 Å². The van der Waals surface area contributed by atoms with Gasteiger partial charge in [0, 0.05) is 38.0 Å². The zero-order valence-corrected chi connectivity index (χ0v) is 20.8. The Balaban J connectivity index is 1.60. The van der Waals surface area contributed by atoms with E-state index in [1.54, 1.807) is 17.8 Å². The molecule has 0 aliphatic rings. The molecule has 0 radical (unpaired) electrons. The fourth-order valence-electron chi connectivity index (χ4n) is 3.34. The quantitative estimate of drug-likeness (QED) is 0.266. The van der Waals surface area contributed by atoms with Crippen molar-refractivity contribution in [2.24, 2.45) is 7.05 Å². The summed E-state index contributed by atoms with van der Waals surface area (Å²) in [5.74, 6) is -3.21. The van der Waals surface area contributed by atoms with Crippen LogP contribution in [0.15, 0.2) is 78.2 Å². The van der Waals surface area contributed by atoms with Gasteiger partial charge in [-0.05, 0) is 30.5 Å². The van der Waals surface area contributed by atoms with Gasteiger partial charge in [0.2, 0.25) is 11.8 Å². The molecule has 196 valence electrons. The maximum atomic E-state index is 13.7. The third-order valence-electron chi connectivity index (χ3n) is 5.25. The van der Waals surface area contributed by atoms with Gasteiger partial charge in [-0.1, -0.05) is 30.3 Å². The van der Waals surface area contributed by atoms with Gasteiger partial charge in [0.1, 0.15) is 22.6 Å². The van der Waals surface area contributed by atoms with Crippen LogP contribution in [0, 0.1) is 11.6 Å². The number of nitrogens with zero attached hydrogens (tertiary/aromatic N) is 2. The lowest BCUT2D eigenvalue weighted by Gasteiger charge is -2.24. The van der Waals surface area contributed by atoms with Gasteiger partial charge in [0.15, 0.2) is 5.03 Å². The van der Waals surface area contributed by atoms with E-state index >= 15 is 0 Å². The molecule has 3 unspecified atom stereocenters. The van der Waals surface area contributed by atoms with Crippen molar-refractivity contribution in [3.05, 3.63) is 90.4 Å². The zero-order chi connectivity index (χ0) is 26.8. The molecule has 12 heteroatoms. The number of nitrogens with one attached hydrogen (secondary N) is 3. The number of imidazole rings is 1. The number of hydrogen-bond donors (Lipinski definition) is 4. The number of benzene rings is 2. The minimum Gasteiger partial charge on any atom is -0.390 e. The summed E-state index contributed by atoms with van der Waals surface area (Å²) in [4.78, 5) is 28.6. The number of aryl methyl sites for hydroxylation is 2. The van der Waals surface area contributed by atoms with E-state index in [2.05, 4.69) is 20.3 Å². The summed E-state index contributed by atoms with van der Waals surface area (Å²) >= 11 is 0. The Morgan fingerprint density at radius 1 is 1.14 bits per heavy atom. The van der Waals surface area contributed by atoms with Crippen molar-refractivity contribution in [3.63, 3.8) is 0 Å². The third kappa shape index (κ3) is 9.01. The SMILES string of the molecule is Cn1cnc(S(=O)NCC(O)C(CCc2ccccc2)NC(=O)/C=C/C(=O)Nc2ccc(F)cc2F)c1. The largest absolute Gasteiger partial charge is 0.390 e. The summed E-state index contributed by atoms with van der Waals surface area (Å²) in [6.07, 6.45) is 4.70. The molecule has 2 amide bonds. The number of halogens is 2. The molecule has 0 aliphatic heterocycles. The molecular formula is C25H27F2N5O4S. The smallest absolute Gasteiger partial charge is 0.248 e. The minimum atomic E-state index is -1.66. The summed E-state index contributed by atoms with van der Waals surface area (Å²) in [7, 11) is 0.0771. The number of aliphatic hydroxyl groups is 1.